The lowest BCUT2D eigenvalue weighted by Gasteiger charge is -2.32. The van der Waals surface area contributed by atoms with E-state index in [9.17, 15) is 19.2 Å². The second-order valence-corrected chi connectivity index (χ2v) is 11.0. The molecule has 8 heteroatoms. The highest BCUT2D eigenvalue weighted by atomic mass is 16.2. The number of benzene rings is 3. The topological polar surface area (TPSA) is 101 Å². The van der Waals surface area contributed by atoms with Gasteiger partial charge in [-0.15, -0.1) is 0 Å². The molecule has 4 heterocycles. The number of imide groups is 1. The quantitative estimate of drug-likeness (QED) is 0.329. The van der Waals surface area contributed by atoms with E-state index in [0.29, 0.717) is 33.7 Å². The fourth-order valence-electron chi connectivity index (χ4n) is 6.82. The molecule has 0 radical (unpaired) electrons. The van der Waals surface area contributed by atoms with Crippen molar-refractivity contribution >= 4 is 34.2 Å². The van der Waals surface area contributed by atoms with Gasteiger partial charge < -0.3 is 0 Å². The Hall–Kier alpha value is -4.43. The molecule has 39 heavy (non-hydrogen) atoms. The van der Waals surface area contributed by atoms with Crippen LogP contribution in [0.4, 0.5) is 5.69 Å². The van der Waals surface area contributed by atoms with Gasteiger partial charge in [0.1, 0.15) is 11.4 Å². The number of hydrogen-bond donors (Lipinski definition) is 1. The smallest absolute Gasteiger partial charge is 0.266 e. The number of fused-ring (bicyclic) bond motifs is 8. The summed E-state index contributed by atoms with van der Waals surface area (Å²) < 4.78 is 1.60. The largest absolute Gasteiger partial charge is 0.296 e. The first-order chi connectivity index (χ1) is 18.8. The van der Waals surface area contributed by atoms with Crippen molar-refractivity contribution in [3.63, 3.8) is 0 Å². The Kier molecular flexibility index (Phi) is 4.88. The molecule has 194 valence electrons. The van der Waals surface area contributed by atoms with Crippen LogP contribution in [0, 0.1) is 17.8 Å². The fourth-order valence-corrected chi connectivity index (χ4v) is 6.82. The average molecular weight is 519 g/mol. The minimum Gasteiger partial charge on any atom is -0.296 e. The van der Waals surface area contributed by atoms with Crippen LogP contribution in [0.5, 0.6) is 0 Å². The van der Waals surface area contributed by atoms with Crippen molar-refractivity contribution in [2.24, 2.45) is 17.8 Å². The van der Waals surface area contributed by atoms with Gasteiger partial charge in [0.05, 0.1) is 34.1 Å². The Morgan fingerprint density at radius 3 is 2.33 bits per heavy atom. The summed E-state index contributed by atoms with van der Waals surface area (Å²) >= 11 is 0. The van der Waals surface area contributed by atoms with Gasteiger partial charge in [-0.3, -0.25) is 29.1 Å². The van der Waals surface area contributed by atoms with Crippen LogP contribution in [0.15, 0.2) is 77.6 Å². The molecule has 2 saturated heterocycles. The first-order valence-corrected chi connectivity index (χ1v) is 13.1. The minimum absolute atomic E-state index is 0.0158. The van der Waals surface area contributed by atoms with Crippen LogP contribution in [-0.4, -0.2) is 33.2 Å². The first kappa shape index (κ1) is 23.7. The minimum atomic E-state index is -1.17. The third-order valence-corrected chi connectivity index (χ3v) is 8.55. The summed E-state index contributed by atoms with van der Waals surface area (Å²) in [6.07, 6.45) is 0. The highest BCUT2D eigenvalue weighted by Gasteiger charge is 2.70. The summed E-state index contributed by atoms with van der Waals surface area (Å²) in [4.78, 5) is 60.4. The number of nitrogens with one attached hydrogen (secondary N) is 1. The number of rotatable bonds is 3. The maximum Gasteiger partial charge on any atom is 0.266 e. The van der Waals surface area contributed by atoms with Gasteiger partial charge in [-0.2, -0.15) is 0 Å². The summed E-state index contributed by atoms with van der Waals surface area (Å²) in [5.41, 5.74) is 1.53. The number of carbonyl (C=O) groups excluding carboxylic acids is 3. The van der Waals surface area contributed by atoms with Gasteiger partial charge in [0.15, 0.2) is 5.78 Å². The van der Waals surface area contributed by atoms with Gasteiger partial charge in [-0.05, 0) is 55.3 Å². The molecule has 3 aromatic carbocycles. The van der Waals surface area contributed by atoms with Crippen LogP contribution in [0.25, 0.3) is 16.6 Å². The van der Waals surface area contributed by atoms with E-state index in [1.165, 1.54) is 11.8 Å². The second-order valence-electron chi connectivity index (χ2n) is 11.0. The molecule has 0 saturated carbocycles. The number of nitrogens with zero attached hydrogens (tertiary/aromatic N) is 3. The molecule has 8 nitrogen and oxygen atoms in total. The van der Waals surface area contributed by atoms with E-state index in [1.54, 1.807) is 41.0 Å². The Morgan fingerprint density at radius 1 is 0.923 bits per heavy atom. The number of hydrogen-bond acceptors (Lipinski definition) is 6. The first-order valence-electron chi connectivity index (χ1n) is 13.1. The number of aromatic nitrogens is 2. The number of para-hydroxylation sites is 2. The zero-order valence-electron chi connectivity index (χ0n) is 21.7. The second kappa shape index (κ2) is 8.04. The number of Topliss-reactive ketones (excluding diaryl/α,β-unsaturated/α-hetero) is 1. The van der Waals surface area contributed by atoms with E-state index < -0.39 is 17.4 Å². The Morgan fingerprint density at radius 2 is 1.62 bits per heavy atom. The molecule has 7 rings (SSSR count). The molecular weight excluding hydrogens is 492 g/mol. The van der Waals surface area contributed by atoms with Gasteiger partial charge in [-0.1, -0.05) is 44.2 Å². The van der Waals surface area contributed by atoms with E-state index in [0.717, 1.165) is 5.56 Å². The molecule has 1 aromatic heterocycles. The molecule has 1 N–H and O–H groups in total. The van der Waals surface area contributed by atoms with Crippen molar-refractivity contribution in [2.75, 3.05) is 4.90 Å². The highest BCUT2D eigenvalue weighted by Crippen LogP contribution is 2.56. The molecule has 0 bridgehead atoms. The van der Waals surface area contributed by atoms with Crippen LogP contribution >= 0.6 is 0 Å². The zero-order valence-corrected chi connectivity index (χ0v) is 21.7. The van der Waals surface area contributed by atoms with E-state index in [-0.39, 0.29) is 35.1 Å². The van der Waals surface area contributed by atoms with E-state index in [1.807, 2.05) is 50.2 Å². The lowest BCUT2D eigenvalue weighted by molar-refractivity contribution is -0.123. The number of ketones is 1. The molecule has 3 aliphatic rings. The highest BCUT2D eigenvalue weighted by molar-refractivity contribution is 6.23. The number of anilines is 1. The summed E-state index contributed by atoms with van der Waals surface area (Å²) in [6.45, 7) is 5.52. The summed E-state index contributed by atoms with van der Waals surface area (Å²) in [6, 6.07) is 20.9. The van der Waals surface area contributed by atoms with Crippen LogP contribution in [0.2, 0.25) is 0 Å². The maximum absolute atomic E-state index is 14.4. The van der Waals surface area contributed by atoms with Crippen molar-refractivity contribution in [3.05, 3.63) is 100 Å². The number of carbonyl (C=O) groups is 3. The predicted molar refractivity (Wildman–Crippen MR) is 146 cm³/mol. The molecule has 3 aliphatic heterocycles. The van der Waals surface area contributed by atoms with Crippen molar-refractivity contribution in [1.29, 1.82) is 0 Å². The van der Waals surface area contributed by atoms with Crippen molar-refractivity contribution in [1.82, 2.24) is 14.9 Å². The SMILES string of the molecule is CC(=O)c1ccc(N2C(=O)[C@@H]3[C@@H](C(C)C)N[C@]4(c5ccccc5-n5c4nc4ccccc4c5=O)[C@H]3C2=O)cc1. The van der Waals surface area contributed by atoms with Crippen molar-refractivity contribution in [3.8, 4) is 5.69 Å². The fraction of sp³-hybridized carbons (Fsp3) is 0.258. The van der Waals surface area contributed by atoms with Gasteiger partial charge >= 0.3 is 0 Å². The normalized spacial score (nSPS) is 25.0. The van der Waals surface area contributed by atoms with E-state index in [2.05, 4.69) is 5.32 Å². The zero-order chi connectivity index (χ0) is 27.2. The maximum atomic E-state index is 14.4. The molecule has 4 atom stereocenters. The van der Waals surface area contributed by atoms with Crippen LogP contribution in [0.3, 0.4) is 0 Å². The summed E-state index contributed by atoms with van der Waals surface area (Å²) in [5.74, 6) is -1.75. The third-order valence-electron chi connectivity index (χ3n) is 8.55. The van der Waals surface area contributed by atoms with Crippen LogP contribution in [-0.2, 0) is 15.1 Å². The summed E-state index contributed by atoms with van der Waals surface area (Å²) in [7, 11) is 0. The van der Waals surface area contributed by atoms with Crippen molar-refractivity contribution < 1.29 is 14.4 Å². The monoisotopic (exact) mass is 518 g/mol. The van der Waals surface area contributed by atoms with Gasteiger partial charge in [0, 0.05) is 17.2 Å². The molecule has 0 aliphatic carbocycles. The number of amides is 2. The molecular formula is C31H26N4O4. The lowest BCUT2D eigenvalue weighted by atomic mass is 9.75. The van der Waals surface area contributed by atoms with Crippen LogP contribution in [0.1, 0.15) is 42.5 Å². The van der Waals surface area contributed by atoms with E-state index in [4.69, 9.17) is 4.98 Å². The molecule has 1 spiro atoms. The molecule has 4 aromatic rings. The van der Waals surface area contributed by atoms with E-state index >= 15 is 0 Å². The Bertz CT molecular complexity index is 1790. The van der Waals surface area contributed by atoms with Gasteiger partial charge in [0.2, 0.25) is 11.8 Å². The van der Waals surface area contributed by atoms with Gasteiger partial charge in [0.25, 0.3) is 5.56 Å². The lowest BCUT2D eigenvalue weighted by Crippen LogP contribution is -2.51. The Balaban J connectivity index is 1.49. The molecule has 2 fully saturated rings. The van der Waals surface area contributed by atoms with Gasteiger partial charge in [-0.25, -0.2) is 9.88 Å². The van der Waals surface area contributed by atoms with Crippen LogP contribution < -0.4 is 15.8 Å². The molecule has 2 amide bonds. The summed E-state index contributed by atoms with van der Waals surface area (Å²) in [5, 5.41) is 4.18. The molecule has 0 unspecified atom stereocenters. The third kappa shape index (κ3) is 2.95. The Labute approximate surface area is 224 Å². The van der Waals surface area contributed by atoms with Crippen molar-refractivity contribution in [2.45, 2.75) is 32.4 Å². The predicted octanol–water partition coefficient (Wildman–Crippen LogP) is 3.58. The average Bonchev–Trinajstić information content (AvgIpc) is 3.52. The standard InChI is InChI=1S/C31H26N4O4/c1-16(2)26-24-25(29(39)34(28(24)38)19-14-12-18(13-15-19)17(3)36)31(33-26)21-9-5-7-11-23(21)35-27(37)20-8-4-6-10-22(20)32-30(31)35/h4-16,24-26,33H,1-3H3/t24-,25+,26+,31+/m0/s1.